The van der Waals surface area contributed by atoms with Crippen LogP contribution in [0.2, 0.25) is 37.9 Å². The smallest absolute Gasteiger partial charge is 0.139 e. The summed E-state index contributed by atoms with van der Waals surface area (Å²) in [6.45, 7) is 24.6. The van der Waals surface area contributed by atoms with Crippen molar-refractivity contribution in [3.63, 3.8) is 0 Å². The maximum absolute atomic E-state index is 5.28. The molecule has 0 aromatic heterocycles. The first kappa shape index (κ1) is 38.3. The molecule has 0 bridgehead atoms. The van der Waals surface area contributed by atoms with Crippen molar-refractivity contribution < 1.29 is 4.74 Å². The molecule has 1 fully saturated rings. The van der Waals surface area contributed by atoms with E-state index in [1.807, 2.05) is 0 Å². The second-order valence-corrected chi connectivity index (χ2v) is 8.22. The fraction of sp³-hybridized carbons (Fsp3) is 1.00. The van der Waals surface area contributed by atoms with Crippen LogP contribution in [-0.2, 0) is 4.74 Å². The van der Waals surface area contributed by atoms with E-state index in [1.54, 1.807) is 0 Å². The van der Waals surface area contributed by atoms with E-state index < -0.39 is 0 Å². The largest absolute Gasteiger partial charge is 0.379 e. The Morgan fingerprint density at radius 1 is 0.613 bits per heavy atom. The van der Waals surface area contributed by atoms with Gasteiger partial charge in [0.1, 0.15) is 13.4 Å². The Balaban J connectivity index is -0.000000156. The highest BCUT2D eigenvalue weighted by Gasteiger charge is 2.06. The first-order chi connectivity index (χ1) is 14.5. The van der Waals surface area contributed by atoms with Crippen LogP contribution in [0.1, 0.15) is 74.1 Å². The van der Waals surface area contributed by atoms with E-state index in [0.717, 1.165) is 65.7 Å². The molecule has 1 heterocycles. The molecular weight excluding hydrogens is 379 g/mol. The van der Waals surface area contributed by atoms with Crippen LogP contribution in [0.4, 0.5) is 0 Å². The van der Waals surface area contributed by atoms with Gasteiger partial charge >= 0.3 is 0 Å². The van der Waals surface area contributed by atoms with Crippen LogP contribution in [-0.4, -0.2) is 72.7 Å². The number of morpholine rings is 1. The predicted octanol–water partition coefficient (Wildman–Crippen LogP) is 4.70. The van der Waals surface area contributed by atoms with Crippen LogP contribution >= 0.6 is 0 Å². The second-order valence-electron chi connectivity index (χ2n) is 8.22. The standard InChI is InChI=1S/2C6H15B.C6H16N2.C6H13NO.BH3/c2*1-4-7(5-2)6-3;7-5-3-1-2-4-6-8;1-2-7-3-5-8-6-4-7;/h2*4-6H2,1-3H3;1-8H2;2-6H2,1H3;1H3. The Morgan fingerprint density at radius 2 is 0.935 bits per heavy atom. The van der Waals surface area contributed by atoms with Gasteiger partial charge < -0.3 is 16.2 Å². The van der Waals surface area contributed by atoms with E-state index in [0.29, 0.717) is 0 Å². The minimum atomic E-state index is 0. The van der Waals surface area contributed by atoms with Gasteiger partial charge in [0.05, 0.1) is 21.6 Å². The molecule has 0 unspecified atom stereocenters. The zero-order valence-electron chi connectivity index (χ0n) is 22.2. The lowest BCUT2D eigenvalue weighted by atomic mass is 9.44. The van der Waals surface area contributed by atoms with Gasteiger partial charge in [-0.15, -0.1) is 0 Å². The molecule has 0 atom stereocenters. The summed E-state index contributed by atoms with van der Waals surface area (Å²) < 4.78 is 5.16. The topological polar surface area (TPSA) is 64.5 Å². The molecule has 1 aliphatic heterocycles. The van der Waals surface area contributed by atoms with Gasteiger partial charge in [-0.05, 0) is 32.5 Å². The number of likely N-dealkylation sites (N-methyl/N-ethyl adjacent to an activating group) is 1. The first-order valence-corrected chi connectivity index (χ1v) is 13.2. The molecule has 7 heteroatoms. The van der Waals surface area contributed by atoms with Crippen molar-refractivity contribution in [3.8, 4) is 0 Å². The van der Waals surface area contributed by atoms with Crippen molar-refractivity contribution in [2.24, 2.45) is 11.5 Å². The molecular formula is C24H62B3N3O. The Morgan fingerprint density at radius 3 is 1.10 bits per heavy atom. The normalized spacial score (nSPS) is 12.7. The minimum Gasteiger partial charge on any atom is -0.379 e. The monoisotopic (exact) mass is 442 g/mol. The summed E-state index contributed by atoms with van der Waals surface area (Å²) >= 11 is 0. The Labute approximate surface area is 201 Å². The zero-order valence-corrected chi connectivity index (χ0v) is 22.2. The molecule has 0 aliphatic carbocycles. The summed E-state index contributed by atoms with van der Waals surface area (Å²) in [6, 6.07) is 0. The molecule has 0 aromatic carbocycles. The van der Waals surface area contributed by atoms with E-state index in [2.05, 4.69) is 53.4 Å². The molecule has 1 aliphatic rings. The van der Waals surface area contributed by atoms with Gasteiger partial charge in [0.2, 0.25) is 0 Å². The Hall–Kier alpha value is 0.0348. The average molecular weight is 441 g/mol. The number of nitrogens with zero attached hydrogens (tertiary/aromatic N) is 1. The van der Waals surface area contributed by atoms with Crippen LogP contribution in [0.3, 0.4) is 0 Å². The highest BCUT2D eigenvalue weighted by Crippen LogP contribution is 2.02. The van der Waals surface area contributed by atoms with E-state index >= 15 is 0 Å². The van der Waals surface area contributed by atoms with Gasteiger partial charge in [0.15, 0.2) is 0 Å². The third kappa shape index (κ3) is 32.3. The number of hydrogen-bond acceptors (Lipinski definition) is 4. The fourth-order valence-corrected chi connectivity index (χ4v) is 3.29. The van der Waals surface area contributed by atoms with Gasteiger partial charge in [-0.3, -0.25) is 4.90 Å². The number of rotatable bonds is 12. The number of nitrogens with two attached hydrogens (primary N) is 2. The molecule has 1 saturated heterocycles. The van der Waals surface area contributed by atoms with Crippen molar-refractivity contribution in [3.05, 3.63) is 0 Å². The first-order valence-electron chi connectivity index (χ1n) is 13.2. The van der Waals surface area contributed by atoms with Crippen LogP contribution in [0, 0.1) is 0 Å². The van der Waals surface area contributed by atoms with Crippen LogP contribution in [0.15, 0.2) is 0 Å². The van der Waals surface area contributed by atoms with Gasteiger partial charge in [-0.1, -0.05) is 99.2 Å². The quantitative estimate of drug-likeness (QED) is 0.341. The maximum atomic E-state index is 5.28. The van der Waals surface area contributed by atoms with Crippen LogP contribution in [0.5, 0.6) is 0 Å². The number of unbranched alkanes of at least 4 members (excludes halogenated alkanes) is 3. The van der Waals surface area contributed by atoms with Gasteiger partial charge in [0.25, 0.3) is 0 Å². The van der Waals surface area contributed by atoms with Crippen LogP contribution in [0.25, 0.3) is 0 Å². The lowest BCUT2D eigenvalue weighted by Gasteiger charge is -2.24. The van der Waals surface area contributed by atoms with E-state index in [-0.39, 0.29) is 8.41 Å². The van der Waals surface area contributed by atoms with E-state index in [1.165, 1.54) is 57.3 Å². The summed E-state index contributed by atoms with van der Waals surface area (Å²) in [5.41, 5.74) is 10.6. The van der Waals surface area contributed by atoms with Crippen molar-refractivity contribution in [1.29, 1.82) is 0 Å². The van der Waals surface area contributed by atoms with Crippen molar-refractivity contribution in [2.75, 3.05) is 45.9 Å². The van der Waals surface area contributed by atoms with Gasteiger partial charge in [0, 0.05) is 13.1 Å². The molecule has 0 spiro atoms. The molecule has 0 saturated carbocycles. The van der Waals surface area contributed by atoms with Crippen molar-refractivity contribution in [2.45, 2.75) is 112 Å². The van der Waals surface area contributed by atoms with Crippen molar-refractivity contribution >= 4 is 21.8 Å². The third-order valence-electron chi connectivity index (χ3n) is 6.17. The fourth-order valence-electron chi connectivity index (χ4n) is 3.29. The predicted molar refractivity (Wildman–Crippen MR) is 154 cm³/mol. The molecule has 1 rings (SSSR count). The Kier molecular flexibility index (Phi) is 42.8. The summed E-state index contributed by atoms with van der Waals surface area (Å²) in [6.07, 6.45) is 12.9. The number of hydrogen-bond donors (Lipinski definition) is 2. The molecule has 4 N–H and O–H groups in total. The molecule has 0 radical (unpaired) electrons. The van der Waals surface area contributed by atoms with Gasteiger partial charge in [-0.2, -0.15) is 0 Å². The highest BCUT2D eigenvalue weighted by molar-refractivity contribution is 6.58. The highest BCUT2D eigenvalue weighted by atomic mass is 16.5. The molecule has 31 heavy (non-hydrogen) atoms. The van der Waals surface area contributed by atoms with Crippen LogP contribution < -0.4 is 11.5 Å². The third-order valence-corrected chi connectivity index (χ3v) is 6.17. The molecule has 0 aromatic rings. The van der Waals surface area contributed by atoms with E-state index in [4.69, 9.17) is 16.2 Å². The summed E-state index contributed by atoms with van der Waals surface area (Å²) in [4.78, 5) is 2.39. The molecule has 4 nitrogen and oxygen atoms in total. The average Bonchev–Trinajstić information content (AvgIpc) is 2.81. The minimum absolute atomic E-state index is 0. The summed E-state index contributed by atoms with van der Waals surface area (Å²) in [7, 11) is 0. The van der Waals surface area contributed by atoms with E-state index in [9.17, 15) is 0 Å². The molecule has 188 valence electrons. The van der Waals surface area contributed by atoms with Gasteiger partial charge in [-0.25, -0.2) is 0 Å². The lowest BCUT2D eigenvalue weighted by Crippen LogP contribution is -2.35. The number of ether oxygens (including phenoxy) is 1. The summed E-state index contributed by atoms with van der Waals surface area (Å²) in [5.74, 6) is 0. The SMILES string of the molecule is B.CCB(CC)CC.CCB(CC)CC.CCN1CCOCC1.NCCCCCCN. The Bertz CT molecular complexity index is 248. The van der Waals surface area contributed by atoms with Crippen molar-refractivity contribution in [1.82, 2.24) is 4.90 Å². The lowest BCUT2D eigenvalue weighted by molar-refractivity contribution is 0.0405. The summed E-state index contributed by atoms with van der Waals surface area (Å²) in [5, 5.41) is 0. The maximum Gasteiger partial charge on any atom is 0.139 e. The zero-order chi connectivity index (χ0) is 23.5. The second kappa shape index (κ2) is 34.6. The molecule has 0 amide bonds.